The molecule has 1 saturated carbocycles. The number of rotatable bonds is 5. The van der Waals surface area contributed by atoms with Gasteiger partial charge < -0.3 is 9.15 Å². The fraction of sp³-hybridized carbons (Fsp3) is 0.750. The molecule has 7 heteroatoms. The van der Waals surface area contributed by atoms with E-state index in [0.717, 1.165) is 44.7 Å². The van der Waals surface area contributed by atoms with Crippen LogP contribution in [0.5, 0.6) is 0 Å². The SMILES string of the molecule is CO[C@@H]1CCN(S(=O)(=O)C2CC2)[C@@H]2CN(Cc3ccco3)C[C@@H]21. The number of furan rings is 1. The van der Waals surface area contributed by atoms with E-state index in [2.05, 4.69) is 4.90 Å². The van der Waals surface area contributed by atoms with E-state index in [9.17, 15) is 8.42 Å². The molecule has 2 saturated heterocycles. The van der Waals surface area contributed by atoms with Crippen LogP contribution in [0, 0.1) is 5.92 Å². The van der Waals surface area contributed by atoms with E-state index in [4.69, 9.17) is 9.15 Å². The second-order valence-corrected chi connectivity index (χ2v) is 9.09. The third kappa shape index (κ3) is 2.84. The van der Waals surface area contributed by atoms with Crippen molar-refractivity contribution in [2.75, 3.05) is 26.7 Å². The van der Waals surface area contributed by atoms with Crippen LogP contribution in [-0.4, -0.2) is 61.8 Å². The number of sulfonamides is 1. The fourth-order valence-electron chi connectivity index (χ4n) is 4.12. The summed E-state index contributed by atoms with van der Waals surface area (Å²) in [6.45, 7) is 2.94. The maximum atomic E-state index is 12.8. The van der Waals surface area contributed by atoms with Crippen molar-refractivity contribution in [1.29, 1.82) is 0 Å². The first-order valence-corrected chi connectivity index (χ1v) is 9.88. The van der Waals surface area contributed by atoms with Crippen LogP contribution < -0.4 is 0 Å². The van der Waals surface area contributed by atoms with Crippen molar-refractivity contribution >= 4 is 10.0 Å². The van der Waals surface area contributed by atoms with Crippen LogP contribution in [-0.2, 0) is 21.3 Å². The van der Waals surface area contributed by atoms with Gasteiger partial charge in [0.1, 0.15) is 5.76 Å². The summed E-state index contributed by atoms with van der Waals surface area (Å²) in [6, 6.07) is 3.89. The zero-order valence-electron chi connectivity index (χ0n) is 13.4. The largest absolute Gasteiger partial charge is 0.468 e. The van der Waals surface area contributed by atoms with Crippen molar-refractivity contribution in [3.05, 3.63) is 24.2 Å². The predicted molar refractivity (Wildman–Crippen MR) is 85.3 cm³/mol. The highest BCUT2D eigenvalue weighted by Crippen LogP contribution is 2.39. The lowest BCUT2D eigenvalue weighted by Crippen LogP contribution is -2.54. The molecule has 0 bridgehead atoms. The Morgan fingerprint density at radius 3 is 2.78 bits per heavy atom. The van der Waals surface area contributed by atoms with Crippen LogP contribution in [0.3, 0.4) is 0 Å². The van der Waals surface area contributed by atoms with Crippen molar-refractivity contribution in [3.8, 4) is 0 Å². The summed E-state index contributed by atoms with van der Waals surface area (Å²) in [5, 5.41) is -0.138. The molecule has 0 unspecified atom stereocenters. The van der Waals surface area contributed by atoms with Crippen molar-refractivity contribution in [2.24, 2.45) is 5.92 Å². The lowest BCUT2D eigenvalue weighted by molar-refractivity contribution is 0.00219. The molecule has 3 atom stereocenters. The van der Waals surface area contributed by atoms with E-state index in [0.29, 0.717) is 6.54 Å². The second kappa shape index (κ2) is 5.88. The Hall–Kier alpha value is -0.890. The quantitative estimate of drug-likeness (QED) is 0.808. The molecule has 0 N–H and O–H groups in total. The topological polar surface area (TPSA) is 63.0 Å². The Labute approximate surface area is 137 Å². The van der Waals surface area contributed by atoms with Gasteiger partial charge in [0.2, 0.25) is 10.0 Å². The van der Waals surface area contributed by atoms with Crippen LogP contribution >= 0.6 is 0 Å². The van der Waals surface area contributed by atoms with Crippen LogP contribution in [0.2, 0.25) is 0 Å². The fourth-order valence-corrected chi connectivity index (χ4v) is 6.19. The highest BCUT2D eigenvalue weighted by atomic mass is 32.2. The van der Waals surface area contributed by atoms with Gasteiger partial charge >= 0.3 is 0 Å². The number of nitrogens with zero attached hydrogens (tertiary/aromatic N) is 2. The first-order valence-electron chi connectivity index (χ1n) is 8.38. The normalized spacial score (nSPS) is 33.0. The molecule has 0 amide bonds. The zero-order valence-corrected chi connectivity index (χ0v) is 14.2. The Balaban J connectivity index is 1.54. The van der Waals surface area contributed by atoms with Gasteiger partial charge in [0, 0.05) is 38.7 Å². The van der Waals surface area contributed by atoms with E-state index in [1.807, 2.05) is 12.1 Å². The highest BCUT2D eigenvalue weighted by molar-refractivity contribution is 7.90. The molecule has 3 fully saturated rings. The Kier molecular flexibility index (Phi) is 3.99. The Bertz CT molecular complexity index is 641. The van der Waals surface area contributed by atoms with E-state index < -0.39 is 10.0 Å². The number of piperidine rings is 1. The number of fused-ring (bicyclic) bond motifs is 1. The first kappa shape index (κ1) is 15.6. The number of hydrogen-bond acceptors (Lipinski definition) is 5. The minimum Gasteiger partial charge on any atom is -0.468 e. The summed E-state index contributed by atoms with van der Waals surface area (Å²) < 4.78 is 38.4. The molecular weight excluding hydrogens is 316 g/mol. The van der Waals surface area contributed by atoms with Gasteiger partial charge in [-0.25, -0.2) is 8.42 Å². The van der Waals surface area contributed by atoms with Gasteiger partial charge in [0.15, 0.2) is 0 Å². The van der Waals surface area contributed by atoms with Gasteiger partial charge in [-0.3, -0.25) is 4.90 Å². The van der Waals surface area contributed by atoms with Crippen LogP contribution in [0.4, 0.5) is 0 Å². The van der Waals surface area contributed by atoms with Crippen LogP contribution in [0.1, 0.15) is 25.0 Å². The van der Waals surface area contributed by atoms with Gasteiger partial charge in [-0.1, -0.05) is 0 Å². The van der Waals surface area contributed by atoms with Crippen molar-refractivity contribution in [2.45, 2.75) is 43.2 Å². The van der Waals surface area contributed by atoms with E-state index in [1.165, 1.54) is 0 Å². The molecule has 3 heterocycles. The average molecular weight is 340 g/mol. The Morgan fingerprint density at radius 2 is 2.13 bits per heavy atom. The number of likely N-dealkylation sites (tertiary alicyclic amines) is 1. The second-order valence-electron chi connectivity index (χ2n) is 6.92. The molecule has 0 spiro atoms. The maximum absolute atomic E-state index is 12.8. The van der Waals surface area contributed by atoms with Crippen molar-refractivity contribution in [3.63, 3.8) is 0 Å². The van der Waals surface area contributed by atoms with Crippen molar-refractivity contribution < 1.29 is 17.6 Å². The first-order chi connectivity index (χ1) is 11.1. The monoisotopic (exact) mass is 340 g/mol. The number of ether oxygens (including phenoxy) is 1. The molecule has 3 aliphatic rings. The molecule has 1 aromatic rings. The summed E-state index contributed by atoms with van der Waals surface area (Å²) in [7, 11) is -1.39. The minimum absolute atomic E-state index is 0.0364. The van der Waals surface area contributed by atoms with Gasteiger partial charge in [-0.05, 0) is 31.4 Å². The lowest BCUT2D eigenvalue weighted by atomic mass is 9.91. The van der Waals surface area contributed by atoms with Crippen molar-refractivity contribution in [1.82, 2.24) is 9.21 Å². The molecule has 6 nitrogen and oxygen atoms in total. The standard InChI is InChI=1S/C16H24N2O4S/c1-21-16-6-7-18(23(19,20)13-4-5-13)15-11-17(10-14(15)16)9-12-3-2-8-22-12/h2-3,8,13-16H,4-7,9-11H2,1H3/t14-,15+,16+/m0/s1. The molecule has 1 aromatic heterocycles. The van der Waals surface area contributed by atoms with Gasteiger partial charge in [-0.15, -0.1) is 0 Å². The average Bonchev–Trinajstić information content (AvgIpc) is 3.14. The highest BCUT2D eigenvalue weighted by Gasteiger charge is 2.51. The Morgan fingerprint density at radius 1 is 1.30 bits per heavy atom. The zero-order chi connectivity index (χ0) is 16.0. The van der Waals surface area contributed by atoms with E-state index >= 15 is 0 Å². The predicted octanol–water partition coefficient (Wildman–Crippen LogP) is 1.29. The maximum Gasteiger partial charge on any atom is 0.217 e. The van der Waals surface area contributed by atoms with Gasteiger partial charge in [0.25, 0.3) is 0 Å². The van der Waals surface area contributed by atoms with Gasteiger partial charge in [-0.2, -0.15) is 4.31 Å². The summed E-state index contributed by atoms with van der Waals surface area (Å²) in [5.74, 6) is 1.17. The molecule has 23 heavy (non-hydrogen) atoms. The molecular formula is C16H24N2O4S. The van der Waals surface area contributed by atoms with E-state index in [1.54, 1.807) is 17.7 Å². The van der Waals surface area contributed by atoms with Crippen LogP contribution in [0.25, 0.3) is 0 Å². The van der Waals surface area contributed by atoms with E-state index in [-0.39, 0.29) is 23.3 Å². The summed E-state index contributed by atoms with van der Waals surface area (Å²) in [5.41, 5.74) is 0. The molecule has 0 aromatic carbocycles. The lowest BCUT2D eigenvalue weighted by Gasteiger charge is -2.40. The molecule has 0 radical (unpaired) electrons. The molecule has 128 valence electrons. The third-order valence-electron chi connectivity index (χ3n) is 5.42. The minimum atomic E-state index is -3.13. The summed E-state index contributed by atoms with van der Waals surface area (Å²) >= 11 is 0. The molecule has 1 aliphatic carbocycles. The molecule has 4 rings (SSSR count). The summed E-state index contributed by atoms with van der Waals surface area (Å²) in [6.07, 6.45) is 4.26. The summed E-state index contributed by atoms with van der Waals surface area (Å²) in [4.78, 5) is 2.29. The van der Waals surface area contributed by atoms with Gasteiger partial charge in [0.05, 0.1) is 24.2 Å². The van der Waals surface area contributed by atoms with Crippen LogP contribution in [0.15, 0.2) is 22.8 Å². The smallest absolute Gasteiger partial charge is 0.217 e. The number of hydrogen-bond donors (Lipinski definition) is 0. The number of methoxy groups -OCH3 is 1. The molecule has 2 aliphatic heterocycles. The third-order valence-corrected chi connectivity index (χ3v) is 7.85.